The maximum Gasteiger partial charge on any atom is 0.307 e. The van der Waals surface area contributed by atoms with Crippen LogP contribution in [0.1, 0.15) is 42.1 Å². The number of aliphatic hydroxyl groups is 1. The fraction of sp³-hybridized carbons (Fsp3) is 0.269. The quantitative estimate of drug-likeness (QED) is 0.318. The van der Waals surface area contributed by atoms with Gasteiger partial charge < -0.3 is 25.4 Å². The van der Waals surface area contributed by atoms with E-state index in [2.05, 4.69) is 29.6 Å². The van der Waals surface area contributed by atoms with Crippen molar-refractivity contribution < 1.29 is 24.9 Å². The lowest BCUT2D eigenvalue weighted by molar-refractivity contribution is -0.144. The molecule has 32 heavy (non-hydrogen) atoms. The molecule has 0 heterocycles. The van der Waals surface area contributed by atoms with E-state index in [-0.39, 0.29) is 49.0 Å². The van der Waals surface area contributed by atoms with Crippen LogP contribution in [0.2, 0.25) is 0 Å². The van der Waals surface area contributed by atoms with Crippen LogP contribution in [-0.2, 0) is 9.53 Å². The first kappa shape index (κ1) is 21.9. The molecule has 0 spiro atoms. The fourth-order valence-electron chi connectivity index (χ4n) is 4.18. The number of aliphatic hydroxyl groups excluding tert-OH is 1. The second-order valence-electron chi connectivity index (χ2n) is 8.19. The Morgan fingerprint density at radius 1 is 0.969 bits per heavy atom. The van der Waals surface area contributed by atoms with Crippen molar-refractivity contribution in [1.82, 2.24) is 5.32 Å². The summed E-state index contributed by atoms with van der Waals surface area (Å²) in [6, 6.07) is 20.4. The Bertz CT molecular complexity index is 1070. The number of aromatic hydroxyl groups is 2. The van der Waals surface area contributed by atoms with Gasteiger partial charge in [-0.1, -0.05) is 54.6 Å². The molecule has 2 unspecified atom stereocenters. The Hall–Kier alpha value is -3.35. The van der Waals surface area contributed by atoms with Gasteiger partial charge in [-0.2, -0.15) is 0 Å². The minimum Gasteiger partial charge on any atom is -0.504 e. The number of hydrogen-bond donors (Lipinski definition) is 4. The van der Waals surface area contributed by atoms with Crippen molar-refractivity contribution in [2.75, 3.05) is 13.2 Å². The Kier molecular flexibility index (Phi) is 6.44. The summed E-state index contributed by atoms with van der Waals surface area (Å²) in [5.41, 5.74) is 5.20. The molecule has 6 heteroatoms. The van der Waals surface area contributed by atoms with E-state index < -0.39 is 6.10 Å². The van der Waals surface area contributed by atoms with Crippen LogP contribution in [-0.4, -0.2) is 40.5 Å². The highest BCUT2D eigenvalue weighted by Gasteiger charge is 2.29. The van der Waals surface area contributed by atoms with E-state index in [1.165, 1.54) is 40.5 Å². The monoisotopic (exact) mass is 433 g/mol. The van der Waals surface area contributed by atoms with Crippen molar-refractivity contribution in [3.8, 4) is 22.6 Å². The standard InChI is InChI=1S/C26H27NO5/c1-16(27-14-25(30)17-10-11-23(28)24(29)13-17)12-26(31)32-15-22-20-8-4-2-6-18(20)19-7-3-5-9-21(19)22/h2-11,13,16,22,25,27-30H,12,14-15H2,1H3. The van der Waals surface area contributed by atoms with Crippen molar-refractivity contribution >= 4 is 5.97 Å². The van der Waals surface area contributed by atoms with Crippen molar-refractivity contribution in [1.29, 1.82) is 0 Å². The highest BCUT2D eigenvalue weighted by atomic mass is 16.5. The predicted molar refractivity (Wildman–Crippen MR) is 121 cm³/mol. The Morgan fingerprint density at radius 3 is 2.22 bits per heavy atom. The van der Waals surface area contributed by atoms with Crippen LogP contribution in [0.5, 0.6) is 11.5 Å². The second-order valence-corrected chi connectivity index (χ2v) is 8.19. The van der Waals surface area contributed by atoms with E-state index in [1.54, 1.807) is 0 Å². The molecule has 3 aromatic rings. The van der Waals surface area contributed by atoms with Crippen LogP contribution in [0, 0.1) is 0 Å². The van der Waals surface area contributed by atoms with Crippen LogP contribution < -0.4 is 5.32 Å². The highest BCUT2D eigenvalue weighted by molar-refractivity contribution is 5.79. The number of hydrogen-bond acceptors (Lipinski definition) is 6. The summed E-state index contributed by atoms with van der Waals surface area (Å²) in [7, 11) is 0. The average molecular weight is 434 g/mol. The normalized spacial score (nSPS) is 14.4. The molecule has 0 fully saturated rings. The van der Waals surface area contributed by atoms with Crippen LogP contribution in [0.15, 0.2) is 66.7 Å². The molecule has 3 aromatic carbocycles. The number of nitrogens with one attached hydrogen (secondary N) is 1. The largest absolute Gasteiger partial charge is 0.504 e. The lowest BCUT2D eigenvalue weighted by Gasteiger charge is -2.18. The molecule has 0 radical (unpaired) electrons. The van der Waals surface area contributed by atoms with Crippen molar-refractivity contribution in [3.05, 3.63) is 83.4 Å². The van der Waals surface area contributed by atoms with E-state index in [0.29, 0.717) is 5.56 Å². The third-order valence-corrected chi connectivity index (χ3v) is 5.89. The van der Waals surface area contributed by atoms with Crippen LogP contribution in [0.3, 0.4) is 0 Å². The number of ether oxygens (including phenoxy) is 1. The van der Waals surface area contributed by atoms with E-state index in [1.807, 2.05) is 31.2 Å². The summed E-state index contributed by atoms with van der Waals surface area (Å²) < 4.78 is 5.63. The highest BCUT2D eigenvalue weighted by Crippen LogP contribution is 2.44. The predicted octanol–water partition coefficient (Wildman–Crippen LogP) is 3.86. The molecule has 4 rings (SSSR count). The summed E-state index contributed by atoms with van der Waals surface area (Å²) in [6.45, 7) is 2.33. The summed E-state index contributed by atoms with van der Waals surface area (Å²) in [5.74, 6) is -0.798. The third-order valence-electron chi connectivity index (χ3n) is 5.89. The van der Waals surface area contributed by atoms with Gasteiger partial charge in [0.25, 0.3) is 0 Å². The van der Waals surface area contributed by atoms with Crippen LogP contribution in [0.25, 0.3) is 11.1 Å². The van der Waals surface area contributed by atoms with Gasteiger partial charge in [0.1, 0.15) is 6.61 Å². The van der Waals surface area contributed by atoms with Gasteiger partial charge >= 0.3 is 5.97 Å². The maximum absolute atomic E-state index is 12.4. The van der Waals surface area contributed by atoms with Crippen LogP contribution >= 0.6 is 0 Å². The molecule has 1 aliphatic rings. The molecule has 6 nitrogen and oxygen atoms in total. The van der Waals surface area contributed by atoms with Gasteiger partial charge in [0.15, 0.2) is 11.5 Å². The number of esters is 1. The molecule has 4 N–H and O–H groups in total. The molecule has 0 amide bonds. The molecule has 1 aliphatic carbocycles. The lowest BCUT2D eigenvalue weighted by atomic mass is 9.98. The third kappa shape index (κ3) is 4.61. The Morgan fingerprint density at radius 2 is 1.59 bits per heavy atom. The zero-order valence-electron chi connectivity index (χ0n) is 17.9. The van der Waals surface area contributed by atoms with E-state index in [9.17, 15) is 20.1 Å². The first-order valence-electron chi connectivity index (χ1n) is 10.7. The first-order chi connectivity index (χ1) is 15.4. The molecule has 0 aliphatic heterocycles. The molecule has 0 saturated carbocycles. The minimum absolute atomic E-state index is 0.0265. The number of carbonyl (C=O) groups excluding carboxylic acids is 1. The summed E-state index contributed by atoms with van der Waals surface area (Å²) in [6.07, 6.45) is -0.713. The van der Waals surface area contributed by atoms with Gasteiger partial charge in [-0.15, -0.1) is 0 Å². The molecule has 2 atom stereocenters. The second kappa shape index (κ2) is 9.42. The van der Waals surface area contributed by atoms with Crippen molar-refractivity contribution in [2.24, 2.45) is 0 Å². The lowest BCUT2D eigenvalue weighted by Crippen LogP contribution is -2.33. The zero-order chi connectivity index (χ0) is 22.7. The van der Waals surface area contributed by atoms with Gasteiger partial charge in [-0.25, -0.2) is 0 Å². The molecular weight excluding hydrogens is 406 g/mol. The zero-order valence-corrected chi connectivity index (χ0v) is 17.9. The number of phenols is 2. The fourth-order valence-corrected chi connectivity index (χ4v) is 4.18. The van der Waals surface area contributed by atoms with Crippen molar-refractivity contribution in [3.63, 3.8) is 0 Å². The van der Waals surface area contributed by atoms with Crippen LogP contribution in [0.4, 0.5) is 0 Å². The molecular formula is C26H27NO5. The topological polar surface area (TPSA) is 99.0 Å². The van der Waals surface area contributed by atoms with E-state index in [4.69, 9.17) is 4.74 Å². The van der Waals surface area contributed by atoms with Gasteiger partial charge in [-0.05, 0) is 46.9 Å². The number of benzene rings is 3. The molecule has 0 aromatic heterocycles. The van der Waals surface area contributed by atoms with Gasteiger partial charge in [0, 0.05) is 18.5 Å². The minimum atomic E-state index is -0.883. The summed E-state index contributed by atoms with van der Waals surface area (Å²) in [4.78, 5) is 12.4. The van der Waals surface area contributed by atoms with Gasteiger partial charge in [0.2, 0.25) is 0 Å². The number of fused-ring (bicyclic) bond motifs is 3. The Labute approximate surface area is 187 Å². The number of carbonyl (C=O) groups is 1. The number of phenolic OH excluding ortho intramolecular Hbond substituents is 2. The van der Waals surface area contributed by atoms with E-state index >= 15 is 0 Å². The smallest absolute Gasteiger partial charge is 0.307 e. The van der Waals surface area contributed by atoms with Crippen molar-refractivity contribution in [2.45, 2.75) is 31.4 Å². The SMILES string of the molecule is CC(CC(=O)OCC1c2ccccc2-c2ccccc21)NCC(O)c1ccc(O)c(O)c1. The first-order valence-corrected chi connectivity index (χ1v) is 10.7. The molecule has 0 saturated heterocycles. The number of rotatable bonds is 8. The molecule has 0 bridgehead atoms. The summed E-state index contributed by atoms with van der Waals surface area (Å²) in [5, 5.41) is 32.3. The molecule has 166 valence electrons. The maximum atomic E-state index is 12.4. The van der Waals surface area contributed by atoms with Gasteiger partial charge in [-0.3, -0.25) is 4.79 Å². The van der Waals surface area contributed by atoms with Gasteiger partial charge in [0.05, 0.1) is 12.5 Å². The average Bonchev–Trinajstić information content (AvgIpc) is 3.11. The van der Waals surface area contributed by atoms with E-state index in [0.717, 1.165) is 0 Å². The summed E-state index contributed by atoms with van der Waals surface area (Å²) >= 11 is 0. The Balaban J connectivity index is 1.29.